The van der Waals surface area contributed by atoms with Gasteiger partial charge in [0.2, 0.25) is 0 Å². The number of rotatable bonds is 3. The third-order valence-electron chi connectivity index (χ3n) is 1.42. The van der Waals surface area contributed by atoms with E-state index >= 15 is 0 Å². The van der Waals surface area contributed by atoms with E-state index in [1.807, 2.05) is 13.8 Å². The molecule has 0 spiro atoms. The average molecular weight is 141 g/mol. The highest BCUT2D eigenvalue weighted by Crippen LogP contribution is 2.02. The topological polar surface area (TPSA) is 21.6 Å². The van der Waals surface area contributed by atoms with E-state index in [2.05, 4.69) is 23.0 Å². The lowest BCUT2D eigenvalue weighted by atomic mass is 10.1. The highest BCUT2D eigenvalue weighted by atomic mass is 16.6. The Balaban J connectivity index is 4.16. The van der Waals surface area contributed by atoms with E-state index in [0.717, 1.165) is 12.1 Å². The fourth-order valence-electron chi connectivity index (χ4n) is 0.864. The summed E-state index contributed by atoms with van der Waals surface area (Å²) in [6, 6.07) is 0. The molecular formula is C8H15NO. The Morgan fingerprint density at radius 1 is 1.60 bits per heavy atom. The van der Waals surface area contributed by atoms with Crippen molar-refractivity contribution in [1.82, 2.24) is 0 Å². The molecule has 2 heteroatoms. The lowest BCUT2D eigenvalue weighted by Crippen LogP contribution is -1.96. The van der Waals surface area contributed by atoms with Gasteiger partial charge in [-0.3, -0.25) is 0 Å². The summed E-state index contributed by atoms with van der Waals surface area (Å²) in [5.41, 5.74) is 2.20. The second kappa shape index (κ2) is 5.03. The Morgan fingerprint density at radius 3 is 2.50 bits per heavy atom. The molecule has 58 valence electrons. The predicted molar refractivity (Wildman–Crippen MR) is 44.2 cm³/mol. The van der Waals surface area contributed by atoms with Crippen LogP contribution >= 0.6 is 0 Å². The largest absolute Gasteiger partial charge is 0.399 e. The molecular weight excluding hydrogens is 126 g/mol. The van der Waals surface area contributed by atoms with Gasteiger partial charge in [-0.15, -0.1) is 0 Å². The molecule has 10 heavy (non-hydrogen) atoms. The molecule has 2 nitrogen and oxygen atoms in total. The minimum absolute atomic E-state index is 0.965. The van der Waals surface area contributed by atoms with Crippen molar-refractivity contribution in [2.24, 2.45) is 5.16 Å². The van der Waals surface area contributed by atoms with Gasteiger partial charge in [-0.1, -0.05) is 18.2 Å². The van der Waals surface area contributed by atoms with Crippen LogP contribution in [-0.2, 0) is 4.84 Å². The fraction of sp³-hybridized carbons (Fsp3) is 0.625. The molecule has 0 bridgehead atoms. The lowest BCUT2D eigenvalue weighted by molar-refractivity contribution is 0.213. The van der Waals surface area contributed by atoms with Crippen LogP contribution in [0.15, 0.2) is 16.8 Å². The third-order valence-corrected chi connectivity index (χ3v) is 1.42. The fourth-order valence-corrected chi connectivity index (χ4v) is 0.864. The van der Waals surface area contributed by atoms with Crippen LogP contribution in [0.1, 0.15) is 27.2 Å². The van der Waals surface area contributed by atoms with E-state index in [0.29, 0.717) is 0 Å². The molecule has 0 unspecified atom stereocenters. The summed E-state index contributed by atoms with van der Waals surface area (Å²) in [6.07, 6.45) is 3.06. The Hall–Kier alpha value is -0.790. The van der Waals surface area contributed by atoms with Crippen LogP contribution < -0.4 is 0 Å². The van der Waals surface area contributed by atoms with Gasteiger partial charge >= 0.3 is 0 Å². The maximum absolute atomic E-state index is 4.64. The summed E-state index contributed by atoms with van der Waals surface area (Å²) in [7, 11) is 1.56. The molecule has 0 aromatic rings. The molecule has 0 amide bonds. The first-order chi connectivity index (χ1) is 4.76. The summed E-state index contributed by atoms with van der Waals surface area (Å²) in [6.45, 7) is 6.06. The molecule has 0 atom stereocenters. The van der Waals surface area contributed by atoms with Gasteiger partial charge in [0.1, 0.15) is 7.11 Å². The molecule has 0 aliphatic rings. The molecule has 0 aliphatic heterocycles. The maximum atomic E-state index is 4.64. The Bertz CT molecular complexity index is 147. The van der Waals surface area contributed by atoms with E-state index in [1.54, 1.807) is 7.11 Å². The molecule has 0 radical (unpaired) electrons. The van der Waals surface area contributed by atoms with E-state index in [4.69, 9.17) is 0 Å². The van der Waals surface area contributed by atoms with Crippen LogP contribution in [-0.4, -0.2) is 12.8 Å². The summed E-state index contributed by atoms with van der Waals surface area (Å²) >= 11 is 0. The maximum Gasteiger partial charge on any atom is 0.106 e. The van der Waals surface area contributed by atoms with Crippen molar-refractivity contribution in [3.8, 4) is 0 Å². The first-order valence-electron chi connectivity index (χ1n) is 3.49. The van der Waals surface area contributed by atoms with Crippen molar-refractivity contribution >= 4 is 5.71 Å². The van der Waals surface area contributed by atoms with Crippen molar-refractivity contribution in [1.29, 1.82) is 0 Å². The van der Waals surface area contributed by atoms with Gasteiger partial charge < -0.3 is 4.84 Å². The molecule has 0 saturated heterocycles. The monoisotopic (exact) mass is 141 g/mol. The van der Waals surface area contributed by atoms with Gasteiger partial charge in [0, 0.05) is 0 Å². The highest BCUT2D eigenvalue weighted by molar-refractivity contribution is 5.97. The van der Waals surface area contributed by atoms with Crippen molar-refractivity contribution in [3.05, 3.63) is 11.6 Å². The van der Waals surface area contributed by atoms with Gasteiger partial charge in [-0.05, 0) is 25.8 Å². The molecule has 0 N–H and O–H groups in total. The van der Waals surface area contributed by atoms with E-state index in [9.17, 15) is 0 Å². The zero-order valence-electron chi connectivity index (χ0n) is 7.14. The lowest BCUT2D eigenvalue weighted by Gasteiger charge is -2.00. The molecule has 0 fully saturated rings. The van der Waals surface area contributed by atoms with Crippen LogP contribution in [0.3, 0.4) is 0 Å². The van der Waals surface area contributed by atoms with Crippen molar-refractivity contribution in [2.75, 3.05) is 7.11 Å². The van der Waals surface area contributed by atoms with Crippen LogP contribution in [0.4, 0.5) is 0 Å². The van der Waals surface area contributed by atoms with Crippen LogP contribution in [0, 0.1) is 0 Å². The number of nitrogens with zero attached hydrogens (tertiary/aromatic N) is 1. The summed E-state index contributed by atoms with van der Waals surface area (Å²) in [4.78, 5) is 4.64. The highest BCUT2D eigenvalue weighted by Gasteiger charge is 1.95. The zero-order valence-corrected chi connectivity index (χ0v) is 7.14. The van der Waals surface area contributed by atoms with Gasteiger partial charge in [-0.25, -0.2) is 0 Å². The summed E-state index contributed by atoms with van der Waals surface area (Å²) in [5, 5.41) is 3.81. The average Bonchev–Trinajstić information content (AvgIpc) is 1.91. The minimum Gasteiger partial charge on any atom is -0.399 e. The number of allylic oxidation sites excluding steroid dienone is 2. The first kappa shape index (κ1) is 9.21. The first-order valence-corrected chi connectivity index (χ1v) is 3.49. The molecule has 0 heterocycles. The second-order valence-electron chi connectivity index (χ2n) is 2.03. The Labute approximate surface area is 62.6 Å². The number of oxime groups is 1. The van der Waals surface area contributed by atoms with Gasteiger partial charge in [0.15, 0.2) is 0 Å². The Morgan fingerprint density at radius 2 is 2.20 bits per heavy atom. The third kappa shape index (κ3) is 2.67. The van der Waals surface area contributed by atoms with Crippen LogP contribution in [0.2, 0.25) is 0 Å². The van der Waals surface area contributed by atoms with Gasteiger partial charge in [0.05, 0.1) is 5.71 Å². The molecule has 0 aromatic heterocycles. The predicted octanol–water partition coefficient (Wildman–Crippen LogP) is 2.37. The minimum atomic E-state index is 0.965. The van der Waals surface area contributed by atoms with E-state index < -0.39 is 0 Å². The number of hydrogen-bond acceptors (Lipinski definition) is 2. The Kier molecular flexibility index (Phi) is 4.63. The smallest absolute Gasteiger partial charge is 0.106 e. The van der Waals surface area contributed by atoms with Crippen LogP contribution in [0.25, 0.3) is 0 Å². The zero-order chi connectivity index (χ0) is 7.98. The number of hydrogen-bond donors (Lipinski definition) is 0. The van der Waals surface area contributed by atoms with Crippen molar-refractivity contribution in [3.63, 3.8) is 0 Å². The SMILES string of the molecule is C/C=C(CC)/C(C)=N\OC. The summed E-state index contributed by atoms with van der Waals surface area (Å²) in [5.74, 6) is 0. The standard InChI is InChI=1S/C8H15NO/c1-5-8(6-2)7(3)9-10-4/h5H,6H2,1-4H3/b8-5+,9-7-. The molecule has 0 aliphatic carbocycles. The second-order valence-corrected chi connectivity index (χ2v) is 2.03. The molecule has 0 aromatic carbocycles. The summed E-state index contributed by atoms with van der Waals surface area (Å²) < 4.78 is 0. The quantitative estimate of drug-likeness (QED) is 0.436. The van der Waals surface area contributed by atoms with Crippen LogP contribution in [0.5, 0.6) is 0 Å². The van der Waals surface area contributed by atoms with Crippen molar-refractivity contribution < 1.29 is 4.84 Å². The van der Waals surface area contributed by atoms with Gasteiger partial charge in [0.25, 0.3) is 0 Å². The van der Waals surface area contributed by atoms with Crippen molar-refractivity contribution in [2.45, 2.75) is 27.2 Å². The van der Waals surface area contributed by atoms with E-state index in [1.165, 1.54) is 5.57 Å². The normalized spacial score (nSPS) is 13.6. The van der Waals surface area contributed by atoms with E-state index in [-0.39, 0.29) is 0 Å². The molecule has 0 rings (SSSR count). The molecule has 0 saturated carbocycles. The van der Waals surface area contributed by atoms with Gasteiger partial charge in [-0.2, -0.15) is 0 Å².